The molecule has 0 atom stereocenters. The fraction of sp³-hybridized carbons (Fsp3) is 0.133. The van der Waals surface area contributed by atoms with E-state index in [4.69, 9.17) is 23.2 Å². The van der Waals surface area contributed by atoms with E-state index in [2.05, 4.69) is 15.5 Å². The van der Waals surface area contributed by atoms with Crippen LogP contribution in [0.1, 0.15) is 5.56 Å². The lowest BCUT2D eigenvalue weighted by atomic mass is 10.3. The second kappa shape index (κ2) is 7.34. The van der Waals surface area contributed by atoms with E-state index in [-0.39, 0.29) is 27.5 Å². The average Bonchev–Trinajstić information content (AvgIpc) is 2.98. The maximum Gasteiger partial charge on any atom is 0.417 e. The molecule has 5 nitrogen and oxygen atoms in total. The van der Waals surface area contributed by atoms with Gasteiger partial charge in [0, 0.05) is 16.9 Å². The largest absolute Gasteiger partial charge is 0.417 e. The second-order valence-corrected chi connectivity index (χ2v) is 6.88. The molecular formula is C15H9Cl2F3N4OS. The smallest absolute Gasteiger partial charge is 0.325 e. The first kappa shape index (κ1) is 18.8. The van der Waals surface area contributed by atoms with Crippen LogP contribution in [0.25, 0.3) is 5.65 Å². The Bertz CT molecular complexity index is 960. The van der Waals surface area contributed by atoms with Crippen molar-refractivity contribution >= 4 is 52.2 Å². The Hall–Kier alpha value is -1.97. The van der Waals surface area contributed by atoms with Crippen LogP contribution in [0.15, 0.2) is 41.7 Å². The number of anilines is 1. The summed E-state index contributed by atoms with van der Waals surface area (Å²) < 4.78 is 39.9. The van der Waals surface area contributed by atoms with Crippen molar-refractivity contribution in [2.24, 2.45) is 0 Å². The molecule has 2 heterocycles. The number of nitrogens with one attached hydrogen (secondary N) is 1. The third-order valence-corrected chi connectivity index (χ3v) is 4.69. The number of alkyl halides is 3. The number of fused-ring (bicyclic) bond motifs is 1. The van der Waals surface area contributed by atoms with Crippen molar-refractivity contribution in [3.05, 3.63) is 52.1 Å². The van der Waals surface area contributed by atoms with E-state index in [1.807, 2.05) is 0 Å². The summed E-state index contributed by atoms with van der Waals surface area (Å²) in [6, 6.07) is 7.29. The molecule has 3 aromatic rings. The van der Waals surface area contributed by atoms with Gasteiger partial charge >= 0.3 is 6.18 Å². The van der Waals surface area contributed by atoms with Crippen molar-refractivity contribution in [1.29, 1.82) is 0 Å². The zero-order valence-electron chi connectivity index (χ0n) is 12.7. The molecule has 26 heavy (non-hydrogen) atoms. The van der Waals surface area contributed by atoms with Crippen molar-refractivity contribution in [3.8, 4) is 0 Å². The van der Waals surface area contributed by atoms with Gasteiger partial charge in [0.25, 0.3) is 0 Å². The van der Waals surface area contributed by atoms with Gasteiger partial charge in [-0.3, -0.25) is 9.20 Å². The van der Waals surface area contributed by atoms with Crippen LogP contribution < -0.4 is 5.32 Å². The minimum Gasteiger partial charge on any atom is -0.325 e. The summed E-state index contributed by atoms with van der Waals surface area (Å²) in [6.45, 7) is 0. The number of rotatable bonds is 4. The third kappa shape index (κ3) is 4.22. The van der Waals surface area contributed by atoms with E-state index >= 15 is 0 Å². The Labute approximate surface area is 159 Å². The van der Waals surface area contributed by atoms with E-state index in [1.54, 1.807) is 24.3 Å². The van der Waals surface area contributed by atoms with Crippen molar-refractivity contribution in [2.75, 3.05) is 11.1 Å². The van der Waals surface area contributed by atoms with E-state index in [0.29, 0.717) is 10.7 Å². The molecule has 1 aromatic carbocycles. The fourth-order valence-corrected chi connectivity index (χ4v) is 3.13. The number of pyridine rings is 1. The molecule has 0 aliphatic carbocycles. The number of thioether (sulfide) groups is 1. The zero-order chi connectivity index (χ0) is 18.9. The molecule has 2 aromatic heterocycles. The lowest BCUT2D eigenvalue weighted by molar-refractivity contribution is -0.137. The molecule has 0 unspecified atom stereocenters. The number of carbonyl (C=O) groups is 1. The molecule has 136 valence electrons. The summed E-state index contributed by atoms with van der Waals surface area (Å²) in [6.07, 6.45) is -3.71. The molecule has 0 aliphatic heterocycles. The van der Waals surface area contributed by atoms with Gasteiger partial charge in [0.05, 0.1) is 16.3 Å². The van der Waals surface area contributed by atoms with Crippen LogP contribution in [0.4, 0.5) is 18.9 Å². The Kier molecular flexibility index (Phi) is 5.31. The van der Waals surface area contributed by atoms with Gasteiger partial charge in [-0.05, 0) is 30.3 Å². The van der Waals surface area contributed by atoms with Crippen LogP contribution >= 0.6 is 35.0 Å². The summed E-state index contributed by atoms with van der Waals surface area (Å²) in [4.78, 5) is 12.0. The maximum atomic E-state index is 12.9. The third-order valence-electron chi connectivity index (χ3n) is 3.22. The Morgan fingerprint density at radius 1 is 1.19 bits per heavy atom. The quantitative estimate of drug-likeness (QED) is 0.616. The molecular weight excluding hydrogens is 412 g/mol. The lowest BCUT2D eigenvalue weighted by Gasteiger charge is -2.09. The first-order valence-electron chi connectivity index (χ1n) is 7.04. The summed E-state index contributed by atoms with van der Waals surface area (Å²) >= 11 is 12.5. The minimum absolute atomic E-state index is 0.0721. The van der Waals surface area contributed by atoms with Gasteiger partial charge in [-0.15, -0.1) is 10.2 Å². The summed E-state index contributed by atoms with van der Waals surface area (Å²) in [5.41, 5.74) is -0.295. The molecule has 0 aliphatic rings. The monoisotopic (exact) mass is 420 g/mol. The average molecular weight is 421 g/mol. The highest BCUT2D eigenvalue weighted by Gasteiger charge is 2.32. The number of halogens is 5. The van der Waals surface area contributed by atoms with Crippen LogP contribution in [0.5, 0.6) is 0 Å². The van der Waals surface area contributed by atoms with E-state index < -0.39 is 11.7 Å². The molecule has 11 heteroatoms. The Morgan fingerprint density at radius 3 is 2.54 bits per heavy atom. The second-order valence-electron chi connectivity index (χ2n) is 5.09. The van der Waals surface area contributed by atoms with Gasteiger partial charge < -0.3 is 5.32 Å². The van der Waals surface area contributed by atoms with Crippen molar-refractivity contribution in [2.45, 2.75) is 11.3 Å². The fourth-order valence-electron chi connectivity index (χ4n) is 2.05. The highest BCUT2D eigenvalue weighted by atomic mass is 35.5. The van der Waals surface area contributed by atoms with Crippen LogP contribution in [0.3, 0.4) is 0 Å². The number of aromatic nitrogens is 3. The van der Waals surface area contributed by atoms with Gasteiger partial charge in [-0.25, -0.2) is 0 Å². The SMILES string of the molecule is O=C(CSc1nnc2c(Cl)cc(C(F)(F)F)cn12)Nc1ccc(Cl)cc1. The maximum absolute atomic E-state index is 12.9. The van der Waals surface area contributed by atoms with Crippen molar-refractivity contribution in [1.82, 2.24) is 14.6 Å². The molecule has 0 bridgehead atoms. The number of amides is 1. The molecule has 1 amide bonds. The van der Waals surface area contributed by atoms with Crippen LogP contribution in [0, 0.1) is 0 Å². The van der Waals surface area contributed by atoms with Crippen molar-refractivity contribution in [3.63, 3.8) is 0 Å². The van der Waals surface area contributed by atoms with Gasteiger partial charge in [0.2, 0.25) is 5.91 Å². The predicted molar refractivity (Wildman–Crippen MR) is 93.8 cm³/mol. The van der Waals surface area contributed by atoms with Crippen LogP contribution in [-0.2, 0) is 11.0 Å². The molecule has 0 radical (unpaired) electrons. The number of nitrogens with zero attached hydrogens (tertiary/aromatic N) is 3. The summed E-state index contributed by atoms with van der Waals surface area (Å²) in [7, 11) is 0. The van der Waals surface area contributed by atoms with Crippen molar-refractivity contribution < 1.29 is 18.0 Å². The number of carbonyl (C=O) groups excluding carboxylic acids is 1. The van der Waals surface area contributed by atoms with E-state index in [9.17, 15) is 18.0 Å². The van der Waals surface area contributed by atoms with E-state index in [0.717, 1.165) is 28.4 Å². The highest BCUT2D eigenvalue weighted by Crippen LogP contribution is 2.33. The van der Waals surface area contributed by atoms with Gasteiger partial charge in [-0.1, -0.05) is 35.0 Å². The standard InChI is InChI=1S/C15H9Cl2F3N4OS/c16-9-1-3-10(4-2-9)21-12(25)7-26-14-23-22-13-11(17)5-8(6-24(13)14)15(18,19)20/h1-6H,7H2,(H,21,25). The van der Waals surface area contributed by atoms with Crippen LogP contribution in [0.2, 0.25) is 10.0 Å². The first-order valence-corrected chi connectivity index (χ1v) is 8.78. The Morgan fingerprint density at radius 2 is 1.88 bits per heavy atom. The number of hydrogen-bond donors (Lipinski definition) is 1. The zero-order valence-corrected chi connectivity index (χ0v) is 15.0. The predicted octanol–water partition coefficient (Wildman–Crippen LogP) is 4.79. The van der Waals surface area contributed by atoms with Gasteiger partial charge in [-0.2, -0.15) is 13.2 Å². The molecule has 1 N–H and O–H groups in total. The van der Waals surface area contributed by atoms with Gasteiger partial charge in [0.1, 0.15) is 0 Å². The molecule has 0 saturated heterocycles. The summed E-state index contributed by atoms with van der Waals surface area (Å²) in [5.74, 6) is -0.427. The topological polar surface area (TPSA) is 59.3 Å². The summed E-state index contributed by atoms with van der Waals surface area (Å²) in [5, 5.41) is 10.7. The Balaban J connectivity index is 1.75. The number of benzene rings is 1. The molecule has 0 fully saturated rings. The molecule has 0 saturated carbocycles. The van der Waals surface area contributed by atoms with Gasteiger partial charge in [0.15, 0.2) is 10.8 Å². The van der Waals surface area contributed by atoms with Crippen LogP contribution in [-0.4, -0.2) is 26.3 Å². The number of hydrogen-bond acceptors (Lipinski definition) is 4. The van der Waals surface area contributed by atoms with E-state index in [1.165, 1.54) is 0 Å². The lowest BCUT2D eigenvalue weighted by Crippen LogP contribution is -2.14. The normalized spacial score (nSPS) is 11.7. The minimum atomic E-state index is -4.56. The highest BCUT2D eigenvalue weighted by molar-refractivity contribution is 7.99. The molecule has 3 rings (SSSR count). The molecule has 0 spiro atoms. The first-order chi connectivity index (χ1) is 12.2.